The van der Waals surface area contributed by atoms with Crippen molar-refractivity contribution in [2.24, 2.45) is 5.92 Å². The summed E-state index contributed by atoms with van der Waals surface area (Å²) in [6, 6.07) is 0.399. The molecule has 0 saturated carbocycles. The molecule has 2 nitrogen and oxygen atoms in total. The zero-order chi connectivity index (χ0) is 9.09. The Kier molecular flexibility index (Phi) is 1.54. The quantitative estimate of drug-likeness (QED) is 0.535. The van der Waals surface area contributed by atoms with Crippen LogP contribution in [0.5, 0.6) is 0 Å². The van der Waals surface area contributed by atoms with Gasteiger partial charge in [0.1, 0.15) is 0 Å². The highest BCUT2D eigenvalue weighted by atomic mass is 32.2. The van der Waals surface area contributed by atoms with Crippen LogP contribution in [-0.2, 0) is 4.79 Å². The van der Waals surface area contributed by atoms with Gasteiger partial charge in [-0.3, -0.25) is 4.79 Å². The third kappa shape index (κ3) is 0.804. The van der Waals surface area contributed by atoms with Crippen LogP contribution in [0.1, 0.15) is 27.7 Å². The summed E-state index contributed by atoms with van der Waals surface area (Å²) in [6.07, 6.45) is 0. The maximum absolute atomic E-state index is 11.5. The van der Waals surface area contributed by atoms with Gasteiger partial charge in [0.05, 0.1) is 11.3 Å². The Morgan fingerprint density at radius 3 is 2.50 bits per heavy atom. The maximum atomic E-state index is 11.5. The number of carbonyl (C=O) groups is 1. The second-order valence-corrected chi connectivity index (χ2v) is 6.09. The molecule has 3 unspecified atom stereocenters. The molecule has 2 aliphatic heterocycles. The van der Waals surface area contributed by atoms with E-state index in [0.717, 1.165) is 0 Å². The molecule has 0 aliphatic carbocycles. The van der Waals surface area contributed by atoms with Gasteiger partial charge < -0.3 is 4.90 Å². The van der Waals surface area contributed by atoms with Crippen molar-refractivity contribution in [2.75, 3.05) is 0 Å². The summed E-state index contributed by atoms with van der Waals surface area (Å²) in [6.45, 7) is 8.63. The Bertz CT molecular complexity index is 239. The molecule has 68 valence electrons. The van der Waals surface area contributed by atoms with Crippen molar-refractivity contribution >= 4 is 17.7 Å². The molecule has 0 N–H and O–H groups in total. The van der Waals surface area contributed by atoms with Crippen LogP contribution in [0.25, 0.3) is 0 Å². The first-order chi connectivity index (χ1) is 5.45. The number of β-lactam (4-membered cyclic amide) rings is 1. The third-order valence-electron chi connectivity index (χ3n) is 3.19. The van der Waals surface area contributed by atoms with E-state index >= 15 is 0 Å². The lowest BCUT2D eigenvalue weighted by molar-refractivity contribution is -0.151. The second-order valence-electron chi connectivity index (χ2n) is 4.32. The van der Waals surface area contributed by atoms with E-state index in [2.05, 4.69) is 20.8 Å². The van der Waals surface area contributed by atoms with Crippen LogP contribution in [-0.4, -0.2) is 27.0 Å². The normalized spacial score (nSPS) is 44.2. The molecule has 0 aromatic carbocycles. The lowest BCUT2D eigenvalue weighted by Crippen LogP contribution is -2.58. The number of rotatable bonds is 0. The van der Waals surface area contributed by atoms with Crippen molar-refractivity contribution in [1.82, 2.24) is 4.90 Å². The van der Waals surface area contributed by atoms with Crippen LogP contribution in [0.4, 0.5) is 0 Å². The number of carbonyl (C=O) groups excluding carboxylic acids is 1. The first-order valence-corrected chi connectivity index (χ1v) is 5.33. The molecule has 12 heavy (non-hydrogen) atoms. The van der Waals surface area contributed by atoms with Crippen molar-refractivity contribution < 1.29 is 4.79 Å². The van der Waals surface area contributed by atoms with Crippen LogP contribution in [0.3, 0.4) is 0 Å². The van der Waals surface area contributed by atoms with Gasteiger partial charge in [0.25, 0.3) is 0 Å². The first-order valence-electron chi connectivity index (χ1n) is 4.45. The van der Waals surface area contributed by atoms with E-state index in [1.54, 1.807) is 0 Å². The minimum Gasteiger partial charge on any atom is -0.325 e. The standard InChI is InChI=1S/C9H15NOS/c1-5-7(11)10-6(2)9(3,4)12-8(5)10/h5-6,8H,1-4H3. The molecule has 0 aromatic rings. The lowest BCUT2D eigenvalue weighted by atomic mass is 9.94. The van der Waals surface area contributed by atoms with Crippen LogP contribution >= 0.6 is 11.8 Å². The molecule has 2 fully saturated rings. The van der Waals surface area contributed by atoms with Gasteiger partial charge in [-0.05, 0) is 20.8 Å². The zero-order valence-corrected chi connectivity index (χ0v) is 8.81. The predicted octanol–water partition coefficient (Wildman–Crippen LogP) is 1.70. The Labute approximate surface area is 77.7 Å². The average molecular weight is 185 g/mol. The molecule has 3 heteroatoms. The van der Waals surface area contributed by atoms with Crippen LogP contribution < -0.4 is 0 Å². The van der Waals surface area contributed by atoms with Gasteiger partial charge in [0.2, 0.25) is 5.91 Å². The fourth-order valence-corrected chi connectivity index (χ4v) is 3.61. The van der Waals surface area contributed by atoms with Gasteiger partial charge >= 0.3 is 0 Å². The van der Waals surface area contributed by atoms with Crippen molar-refractivity contribution in [3.63, 3.8) is 0 Å². The van der Waals surface area contributed by atoms with E-state index in [-0.39, 0.29) is 10.7 Å². The number of nitrogens with zero attached hydrogens (tertiary/aromatic N) is 1. The van der Waals surface area contributed by atoms with Crippen LogP contribution in [0.2, 0.25) is 0 Å². The highest BCUT2D eigenvalue weighted by Crippen LogP contribution is 2.52. The van der Waals surface area contributed by atoms with E-state index in [0.29, 0.717) is 17.3 Å². The molecule has 2 aliphatic rings. The average Bonchev–Trinajstić information content (AvgIpc) is 2.21. The van der Waals surface area contributed by atoms with Gasteiger partial charge in [-0.25, -0.2) is 0 Å². The number of fused-ring (bicyclic) bond motifs is 1. The lowest BCUT2D eigenvalue weighted by Gasteiger charge is -2.42. The summed E-state index contributed by atoms with van der Waals surface area (Å²) in [4.78, 5) is 13.5. The summed E-state index contributed by atoms with van der Waals surface area (Å²) in [5.41, 5.74) is 0. The molecule has 0 aromatic heterocycles. The first kappa shape index (κ1) is 8.42. The Hall–Kier alpha value is -0.180. The summed E-state index contributed by atoms with van der Waals surface area (Å²) in [5.74, 6) is 0.588. The number of amides is 1. The SMILES string of the molecule is CC1C(=O)N2C1SC(C)(C)C2C. The molecule has 1 amide bonds. The van der Waals surface area contributed by atoms with Crippen molar-refractivity contribution in [3.8, 4) is 0 Å². The fourth-order valence-electron chi connectivity index (χ4n) is 1.96. The minimum atomic E-state index is 0.241. The third-order valence-corrected chi connectivity index (χ3v) is 5.02. The molecule has 3 atom stereocenters. The van der Waals surface area contributed by atoms with Gasteiger partial charge in [0.15, 0.2) is 0 Å². The summed E-state index contributed by atoms with van der Waals surface area (Å²) in [7, 11) is 0. The Morgan fingerprint density at radius 2 is 2.00 bits per heavy atom. The van der Waals surface area contributed by atoms with Gasteiger partial charge in [-0.2, -0.15) is 0 Å². The molecule has 2 saturated heterocycles. The minimum absolute atomic E-state index is 0.241. The van der Waals surface area contributed by atoms with E-state index in [1.165, 1.54) is 0 Å². The van der Waals surface area contributed by atoms with Gasteiger partial charge in [-0.1, -0.05) is 6.92 Å². The van der Waals surface area contributed by atoms with E-state index in [4.69, 9.17) is 0 Å². The summed E-state index contributed by atoms with van der Waals surface area (Å²) >= 11 is 1.94. The second kappa shape index (κ2) is 2.19. The highest BCUT2D eigenvalue weighted by Gasteiger charge is 2.57. The largest absolute Gasteiger partial charge is 0.325 e. The van der Waals surface area contributed by atoms with Crippen molar-refractivity contribution in [3.05, 3.63) is 0 Å². The number of hydrogen-bond acceptors (Lipinski definition) is 2. The smallest absolute Gasteiger partial charge is 0.229 e. The van der Waals surface area contributed by atoms with E-state index < -0.39 is 0 Å². The molecule has 0 bridgehead atoms. The van der Waals surface area contributed by atoms with Crippen molar-refractivity contribution in [2.45, 2.75) is 43.9 Å². The predicted molar refractivity (Wildman–Crippen MR) is 50.9 cm³/mol. The Morgan fingerprint density at radius 1 is 1.42 bits per heavy atom. The molecule has 2 heterocycles. The molecule has 2 rings (SSSR count). The molecular formula is C9H15NOS. The Balaban J connectivity index is 2.24. The van der Waals surface area contributed by atoms with Crippen molar-refractivity contribution in [1.29, 1.82) is 0 Å². The maximum Gasteiger partial charge on any atom is 0.229 e. The number of hydrogen-bond donors (Lipinski definition) is 0. The van der Waals surface area contributed by atoms with E-state index in [9.17, 15) is 4.79 Å². The van der Waals surface area contributed by atoms with Gasteiger partial charge in [0, 0.05) is 10.8 Å². The highest BCUT2D eigenvalue weighted by molar-refractivity contribution is 8.01. The van der Waals surface area contributed by atoms with Crippen LogP contribution in [0.15, 0.2) is 0 Å². The van der Waals surface area contributed by atoms with Gasteiger partial charge in [-0.15, -0.1) is 11.8 Å². The molecule has 0 spiro atoms. The van der Waals surface area contributed by atoms with E-state index in [1.807, 2.05) is 23.6 Å². The van der Waals surface area contributed by atoms with Crippen LogP contribution in [0, 0.1) is 5.92 Å². The topological polar surface area (TPSA) is 20.3 Å². The summed E-state index contributed by atoms with van der Waals surface area (Å²) < 4.78 is 0.241. The molecular weight excluding hydrogens is 170 g/mol. The number of thioether (sulfide) groups is 1. The fraction of sp³-hybridized carbons (Fsp3) is 0.889. The molecule has 0 radical (unpaired) electrons. The monoisotopic (exact) mass is 185 g/mol. The summed E-state index contributed by atoms with van der Waals surface area (Å²) in [5, 5.41) is 0.461. The zero-order valence-electron chi connectivity index (χ0n) is 8.00.